The number of rotatable bonds is 6. The first kappa shape index (κ1) is 14.2. The molecule has 3 heterocycles. The first-order chi connectivity index (χ1) is 10.4. The molecule has 112 valence electrons. The lowest BCUT2D eigenvalue weighted by molar-refractivity contribution is 0.143. The van der Waals surface area contributed by atoms with Crippen molar-refractivity contribution in [2.24, 2.45) is 0 Å². The quantitative estimate of drug-likeness (QED) is 0.763. The van der Waals surface area contributed by atoms with Gasteiger partial charge in [0.05, 0.1) is 18.2 Å². The summed E-state index contributed by atoms with van der Waals surface area (Å²) in [6.07, 6.45) is 5.93. The Balaban J connectivity index is 1.74. The minimum absolute atomic E-state index is 0.326. The molecule has 1 aliphatic heterocycles. The molecule has 3 rings (SSSR count). The lowest BCUT2D eigenvalue weighted by atomic mass is 10.2. The molecule has 0 amide bonds. The zero-order chi connectivity index (χ0) is 14.5. The number of nitrogens with zero attached hydrogens (tertiary/aromatic N) is 4. The van der Waals surface area contributed by atoms with Gasteiger partial charge in [-0.3, -0.25) is 4.98 Å². The van der Waals surface area contributed by atoms with E-state index in [1.165, 1.54) is 4.88 Å². The van der Waals surface area contributed by atoms with Crippen molar-refractivity contribution < 1.29 is 9.47 Å². The van der Waals surface area contributed by atoms with Gasteiger partial charge in [-0.25, -0.2) is 4.98 Å². The summed E-state index contributed by atoms with van der Waals surface area (Å²) in [5.74, 6) is 1.31. The molecule has 0 bridgehead atoms. The number of methoxy groups -OCH3 is 1. The number of hydrogen-bond donors (Lipinski definition) is 0. The van der Waals surface area contributed by atoms with Gasteiger partial charge in [0.2, 0.25) is 11.8 Å². The molecule has 6 nitrogen and oxygen atoms in total. The second-order valence-corrected chi connectivity index (χ2v) is 5.71. The average molecular weight is 306 g/mol. The first-order valence-corrected chi connectivity index (χ1v) is 7.86. The summed E-state index contributed by atoms with van der Waals surface area (Å²) in [7, 11) is 1.65. The van der Waals surface area contributed by atoms with Crippen LogP contribution in [0, 0.1) is 0 Å². The van der Waals surface area contributed by atoms with E-state index in [9.17, 15) is 0 Å². The van der Waals surface area contributed by atoms with E-state index < -0.39 is 0 Å². The molecular formula is C14H18N4O2S. The number of hydrogen-bond acceptors (Lipinski definition) is 7. The van der Waals surface area contributed by atoms with Crippen molar-refractivity contribution in [1.82, 2.24) is 15.0 Å². The number of anilines is 1. The molecule has 0 spiro atoms. The Morgan fingerprint density at radius 2 is 2.38 bits per heavy atom. The van der Waals surface area contributed by atoms with Crippen LogP contribution in [0.1, 0.15) is 23.8 Å². The Bertz CT molecular complexity index is 564. The summed E-state index contributed by atoms with van der Waals surface area (Å²) in [4.78, 5) is 16.6. The van der Waals surface area contributed by atoms with Gasteiger partial charge in [0.1, 0.15) is 6.61 Å². The van der Waals surface area contributed by atoms with E-state index in [1.54, 1.807) is 30.7 Å². The predicted molar refractivity (Wildman–Crippen MR) is 80.8 cm³/mol. The van der Waals surface area contributed by atoms with E-state index in [2.05, 4.69) is 19.9 Å². The maximum atomic E-state index is 5.56. The minimum atomic E-state index is 0.326. The standard InChI is InChI=1S/C14H18N4O2S/c1-19-7-8-20-13-4-5-16-14(17-13)18-6-2-3-11(18)12-9-15-10-21-12/h4-5,9-11H,2-3,6-8H2,1H3. The van der Waals surface area contributed by atoms with Crippen LogP contribution in [-0.2, 0) is 4.74 Å². The molecule has 0 N–H and O–H groups in total. The molecule has 1 fully saturated rings. The lowest BCUT2D eigenvalue weighted by Gasteiger charge is -2.23. The first-order valence-electron chi connectivity index (χ1n) is 6.98. The molecule has 21 heavy (non-hydrogen) atoms. The molecule has 1 atom stereocenters. The fourth-order valence-electron chi connectivity index (χ4n) is 2.47. The van der Waals surface area contributed by atoms with Crippen LogP contribution in [0.2, 0.25) is 0 Å². The highest BCUT2D eigenvalue weighted by atomic mass is 32.1. The molecule has 1 aliphatic rings. The average Bonchev–Trinajstić information content (AvgIpc) is 3.19. The fourth-order valence-corrected chi connectivity index (χ4v) is 3.24. The summed E-state index contributed by atoms with van der Waals surface area (Å²) in [6, 6.07) is 2.10. The molecule has 1 saturated heterocycles. The third kappa shape index (κ3) is 3.30. The van der Waals surface area contributed by atoms with Crippen molar-refractivity contribution in [3.8, 4) is 5.88 Å². The normalized spacial score (nSPS) is 18.1. The maximum Gasteiger partial charge on any atom is 0.229 e. The van der Waals surface area contributed by atoms with E-state index in [4.69, 9.17) is 9.47 Å². The van der Waals surface area contributed by atoms with Crippen LogP contribution in [-0.4, -0.2) is 41.8 Å². The van der Waals surface area contributed by atoms with Gasteiger partial charge in [0.15, 0.2) is 0 Å². The van der Waals surface area contributed by atoms with Crippen LogP contribution in [0.5, 0.6) is 5.88 Å². The van der Waals surface area contributed by atoms with Crippen molar-refractivity contribution in [2.45, 2.75) is 18.9 Å². The molecule has 2 aromatic rings. The van der Waals surface area contributed by atoms with Crippen molar-refractivity contribution in [1.29, 1.82) is 0 Å². The van der Waals surface area contributed by atoms with Gasteiger partial charge in [0.25, 0.3) is 0 Å². The molecular weight excluding hydrogens is 288 g/mol. The fraction of sp³-hybridized carbons (Fsp3) is 0.500. The van der Waals surface area contributed by atoms with Crippen molar-refractivity contribution in [3.05, 3.63) is 28.8 Å². The molecule has 7 heteroatoms. The van der Waals surface area contributed by atoms with Crippen LogP contribution in [0.3, 0.4) is 0 Å². The smallest absolute Gasteiger partial charge is 0.229 e. The second-order valence-electron chi connectivity index (χ2n) is 4.79. The molecule has 0 aromatic carbocycles. The third-order valence-corrected chi connectivity index (χ3v) is 4.32. The molecule has 0 aliphatic carbocycles. The van der Waals surface area contributed by atoms with E-state index >= 15 is 0 Å². The highest BCUT2D eigenvalue weighted by Crippen LogP contribution is 2.36. The number of thiazole rings is 1. The Hall–Kier alpha value is -1.73. The lowest BCUT2D eigenvalue weighted by Crippen LogP contribution is -2.24. The van der Waals surface area contributed by atoms with Gasteiger partial charge in [0, 0.05) is 37.0 Å². The van der Waals surface area contributed by atoms with Gasteiger partial charge in [-0.05, 0) is 12.8 Å². The Morgan fingerprint density at radius 1 is 1.43 bits per heavy atom. The summed E-state index contributed by atoms with van der Waals surface area (Å²) < 4.78 is 10.5. The summed E-state index contributed by atoms with van der Waals surface area (Å²) in [6.45, 7) is 2.00. The van der Waals surface area contributed by atoms with Crippen molar-refractivity contribution in [3.63, 3.8) is 0 Å². The van der Waals surface area contributed by atoms with Gasteiger partial charge < -0.3 is 14.4 Å². The molecule has 1 unspecified atom stereocenters. The summed E-state index contributed by atoms with van der Waals surface area (Å²) in [5, 5.41) is 0. The van der Waals surface area contributed by atoms with Gasteiger partial charge in [-0.1, -0.05) is 0 Å². The monoisotopic (exact) mass is 306 g/mol. The van der Waals surface area contributed by atoms with Crippen LogP contribution in [0.25, 0.3) is 0 Å². The van der Waals surface area contributed by atoms with Crippen LogP contribution < -0.4 is 9.64 Å². The highest BCUT2D eigenvalue weighted by Gasteiger charge is 2.29. The second kappa shape index (κ2) is 6.82. The Kier molecular flexibility index (Phi) is 4.62. The number of aromatic nitrogens is 3. The topological polar surface area (TPSA) is 60.4 Å². The highest BCUT2D eigenvalue weighted by molar-refractivity contribution is 7.09. The number of ether oxygens (including phenoxy) is 2. The summed E-state index contributed by atoms with van der Waals surface area (Å²) in [5.41, 5.74) is 1.87. The van der Waals surface area contributed by atoms with E-state index in [0.29, 0.717) is 25.1 Å². The third-order valence-electron chi connectivity index (χ3n) is 3.44. The van der Waals surface area contributed by atoms with E-state index in [0.717, 1.165) is 25.3 Å². The van der Waals surface area contributed by atoms with E-state index in [-0.39, 0.29) is 0 Å². The van der Waals surface area contributed by atoms with Gasteiger partial charge >= 0.3 is 0 Å². The molecule has 0 radical (unpaired) electrons. The Morgan fingerprint density at radius 3 is 3.19 bits per heavy atom. The summed E-state index contributed by atoms with van der Waals surface area (Å²) >= 11 is 1.68. The van der Waals surface area contributed by atoms with Gasteiger partial charge in [-0.15, -0.1) is 11.3 Å². The zero-order valence-electron chi connectivity index (χ0n) is 11.9. The maximum absolute atomic E-state index is 5.56. The van der Waals surface area contributed by atoms with Gasteiger partial charge in [-0.2, -0.15) is 4.98 Å². The van der Waals surface area contributed by atoms with Crippen molar-refractivity contribution in [2.75, 3.05) is 31.8 Å². The molecule has 2 aromatic heterocycles. The van der Waals surface area contributed by atoms with Crippen LogP contribution >= 0.6 is 11.3 Å². The largest absolute Gasteiger partial charge is 0.475 e. The predicted octanol–water partition coefficient (Wildman–Crippen LogP) is 2.30. The van der Waals surface area contributed by atoms with Crippen LogP contribution in [0.15, 0.2) is 24.0 Å². The molecule has 0 saturated carbocycles. The van der Waals surface area contributed by atoms with Crippen molar-refractivity contribution >= 4 is 17.3 Å². The van der Waals surface area contributed by atoms with Crippen LogP contribution in [0.4, 0.5) is 5.95 Å². The van der Waals surface area contributed by atoms with E-state index in [1.807, 2.05) is 11.7 Å². The minimum Gasteiger partial charge on any atom is -0.475 e. The Labute approximate surface area is 127 Å². The SMILES string of the molecule is COCCOc1ccnc(N2CCCC2c2cncs2)n1. The zero-order valence-corrected chi connectivity index (χ0v) is 12.8.